The zero-order chi connectivity index (χ0) is 44.5. The highest BCUT2D eigenvalue weighted by Gasteiger charge is 2.22. The van der Waals surface area contributed by atoms with Crippen molar-refractivity contribution in [3.05, 3.63) is 231 Å². The van der Waals surface area contributed by atoms with Crippen LogP contribution in [0.15, 0.2) is 239 Å². The van der Waals surface area contributed by atoms with Crippen molar-refractivity contribution in [1.82, 2.24) is 4.40 Å². The molecule has 0 radical (unpaired) electrons. The Labute approximate surface area is 390 Å². The fraction of sp³-hybridized carbons (Fsp3) is 0. The Morgan fingerprint density at radius 1 is 0.294 bits per heavy atom. The van der Waals surface area contributed by atoms with E-state index in [1.807, 2.05) is 24.3 Å². The molecule has 0 bridgehead atoms. The molecule has 0 amide bonds. The highest BCUT2D eigenvalue weighted by Crippen LogP contribution is 2.46. The maximum absolute atomic E-state index is 6.47. The molecule has 0 aliphatic heterocycles. The number of benzene rings is 11. The van der Waals surface area contributed by atoms with Gasteiger partial charge in [-0.1, -0.05) is 164 Å². The van der Waals surface area contributed by atoms with Crippen molar-refractivity contribution in [2.75, 3.05) is 4.90 Å². The van der Waals surface area contributed by atoms with Crippen LogP contribution in [0.25, 0.3) is 126 Å². The quantitative estimate of drug-likeness (QED) is 0.123. The Bertz CT molecular complexity index is 4310. The molecule has 0 atom stereocenters. The molecule has 0 saturated heterocycles. The fourth-order valence-electron chi connectivity index (χ4n) is 11.3. The number of pyridine rings is 1. The number of hydrogen-bond donors (Lipinski definition) is 0. The minimum absolute atomic E-state index is 0.898. The monoisotopic (exact) mass is 866 g/mol. The summed E-state index contributed by atoms with van der Waals surface area (Å²) in [5.41, 5.74) is 17.3. The van der Waals surface area contributed by atoms with E-state index in [9.17, 15) is 0 Å². The second kappa shape index (κ2) is 14.2. The van der Waals surface area contributed by atoms with E-state index in [4.69, 9.17) is 8.83 Å². The third kappa shape index (κ3) is 5.31. The number of nitrogens with zero attached hydrogens (tertiary/aromatic N) is 2. The molecule has 4 aromatic heterocycles. The second-order valence-corrected chi connectivity index (χ2v) is 18.0. The third-order valence-electron chi connectivity index (χ3n) is 14.3. The molecule has 4 heterocycles. The molecule has 0 N–H and O–H groups in total. The zero-order valence-corrected chi connectivity index (χ0v) is 36.7. The van der Waals surface area contributed by atoms with Crippen molar-refractivity contribution in [3.63, 3.8) is 0 Å². The van der Waals surface area contributed by atoms with Crippen LogP contribution < -0.4 is 4.90 Å². The summed E-state index contributed by atoms with van der Waals surface area (Å²) in [6.45, 7) is 0. The number of rotatable bonds is 6. The first kappa shape index (κ1) is 37.1. The van der Waals surface area contributed by atoms with Gasteiger partial charge >= 0.3 is 0 Å². The average molecular weight is 867 g/mol. The van der Waals surface area contributed by atoms with E-state index in [0.29, 0.717) is 0 Å². The smallest absolute Gasteiger partial charge is 0.143 e. The van der Waals surface area contributed by atoms with Crippen LogP contribution in [0.4, 0.5) is 17.1 Å². The Hall–Kier alpha value is -9.12. The average Bonchev–Trinajstić information content (AvgIpc) is 4.09. The van der Waals surface area contributed by atoms with E-state index in [0.717, 1.165) is 83.2 Å². The molecule has 0 unspecified atom stereocenters. The molecule has 15 aromatic rings. The number of aromatic nitrogens is 1. The zero-order valence-electron chi connectivity index (χ0n) is 36.7. The van der Waals surface area contributed by atoms with E-state index < -0.39 is 0 Å². The molecule has 4 nitrogen and oxygen atoms in total. The number of furan rings is 2. The minimum Gasteiger partial charge on any atom is -0.455 e. The topological polar surface area (TPSA) is 33.9 Å². The van der Waals surface area contributed by atoms with Gasteiger partial charge < -0.3 is 18.1 Å². The van der Waals surface area contributed by atoms with Gasteiger partial charge in [0.2, 0.25) is 0 Å². The molecule has 316 valence electrons. The summed E-state index contributed by atoms with van der Waals surface area (Å²) in [5.74, 6) is 0. The molecular weight excluding hydrogens is 829 g/mol. The molecule has 11 aromatic carbocycles. The first-order valence-electron chi connectivity index (χ1n) is 23.2. The van der Waals surface area contributed by atoms with Crippen LogP contribution in [0.3, 0.4) is 0 Å². The van der Waals surface area contributed by atoms with Gasteiger partial charge in [0.05, 0.1) is 16.6 Å². The Balaban J connectivity index is 0.877. The predicted octanol–water partition coefficient (Wildman–Crippen LogP) is 18.3. The SMILES string of the molecule is c1ccc2c(c1)oc1c(-c3ccc(N(c4ccc(-c5cc6c7ccccc7n7c8ccccc8c8cccc5c8c67)cc4)c4ccc(-c5cccc6c5oc5ccccc56)cc4)cc3)cccc12. The van der Waals surface area contributed by atoms with Crippen molar-refractivity contribution >= 4 is 110 Å². The van der Waals surface area contributed by atoms with E-state index in [-0.39, 0.29) is 0 Å². The predicted molar refractivity (Wildman–Crippen MR) is 284 cm³/mol. The molecule has 0 spiro atoms. The Morgan fingerprint density at radius 2 is 0.691 bits per heavy atom. The summed E-state index contributed by atoms with van der Waals surface area (Å²) in [4.78, 5) is 2.35. The number of hydrogen-bond acceptors (Lipinski definition) is 3. The molecule has 0 saturated carbocycles. The van der Waals surface area contributed by atoms with Gasteiger partial charge in [0, 0.05) is 71.3 Å². The molecule has 68 heavy (non-hydrogen) atoms. The second-order valence-electron chi connectivity index (χ2n) is 18.0. The highest BCUT2D eigenvalue weighted by molar-refractivity contribution is 6.31. The lowest BCUT2D eigenvalue weighted by Gasteiger charge is -2.26. The molecule has 4 heteroatoms. The first-order chi connectivity index (χ1) is 33.7. The number of para-hydroxylation sites is 6. The van der Waals surface area contributed by atoms with Crippen molar-refractivity contribution < 1.29 is 8.83 Å². The Morgan fingerprint density at radius 3 is 1.22 bits per heavy atom. The summed E-state index contributed by atoms with van der Waals surface area (Å²) in [7, 11) is 0. The lowest BCUT2D eigenvalue weighted by Crippen LogP contribution is -2.09. The number of fused-ring (bicyclic) bond motifs is 12. The third-order valence-corrected chi connectivity index (χ3v) is 14.3. The lowest BCUT2D eigenvalue weighted by atomic mass is 9.92. The van der Waals surface area contributed by atoms with Gasteiger partial charge in [0.15, 0.2) is 0 Å². The Kier molecular flexibility index (Phi) is 7.75. The van der Waals surface area contributed by atoms with Crippen molar-refractivity contribution in [2.45, 2.75) is 0 Å². The normalized spacial score (nSPS) is 12.1. The van der Waals surface area contributed by atoms with Crippen LogP contribution in [0.1, 0.15) is 0 Å². The van der Waals surface area contributed by atoms with E-state index >= 15 is 0 Å². The molecule has 15 rings (SSSR count). The van der Waals surface area contributed by atoms with Crippen molar-refractivity contribution in [3.8, 4) is 33.4 Å². The fourth-order valence-corrected chi connectivity index (χ4v) is 11.3. The van der Waals surface area contributed by atoms with E-state index in [1.54, 1.807) is 0 Å². The summed E-state index contributed by atoms with van der Waals surface area (Å²) < 4.78 is 15.4. The van der Waals surface area contributed by atoms with E-state index in [1.165, 1.54) is 60.0 Å². The van der Waals surface area contributed by atoms with E-state index in [2.05, 4.69) is 216 Å². The standard InChI is InChI=1S/C64H38N2O2/c1-5-22-57-47(12-1)51-18-11-19-52-55(38-56-48-13-2-6-23-58(48)66(57)62(56)61(51)52)41-30-36-44(37-31-41)65(42-32-26-39(27-33-42)45-16-9-20-53-49-14-3-7-24-59(49)67-63(45)53)43-34-28-40(29-35-43)46-17-10-21-54-50-15-4-8-25-60(50)68-64(46)54/h1-38H. The highest BCUT2D eigenvalue weighted by atomic mass is 16.3. The van der Waals surface area contributed by atoms with Crippen LogP contribution in [-0.2, 0) is 0 Å². The van der Waals surface area contributed by atoms with Gasteiger partial charge in [-0.05, 0) is 99.8 Å². The summed E-state index contributed by atoms with van der Waals surface area (Å²) in [6.07, 6.45) is 0. The maximum atomic E-state index is 6.47. The molecule has 0 aliphatic carbocycles. The van der Waals surface area contributed by atoms with Crippen LogP contribution in [0, 0.1) is 0 Å². The first-order valence-corrected chi connectivity index (χ1v) is 23.2. The van der Waals surface area contributed by atoms with Gasteiger partial charge in [-0.2, -0.15) is 0 Å². The van der Waals surface area contributed by atoms with Gasteiger partial charge in [0.25, 0.3) is 0 Å². The van der Waals surface area contributed by atoms with Crippen LogP contribution in [-0.4, -0.2) is 4.40 Å². The summed E-state index contributed by atoms with van der Waals surface area (Å²) in [5, 5.41) is 12.1. The summed E-state index contributed by atoms with van der Waals surface area (Å²) >= 11 is 0. The van der Waals surface area contributed by atoms with Crippen LogP contribution in [0.2, 0.25) is 0 Å². The molecule has 0 aliphatic rings. The van der Waals surface area contributed by atoms with Crippen LogP contribution in [0.5, 0.6) is 0 Å². The van der Waals surface area contributed by atoms with Crippen LogP contribution >= 0.6 is 0 Å². The number of anilines is 3. The largest absolute Gasteiger partial charge is 0.455 e. The van der Waals surface area contributed by atoms with Gasteiger partial charge in [-0.3, -0.25) is 0 Å². The lowest BCUT2D eigenvalue weighted by molar-refractivity contribution is 0.669. The molecular formula is C64H38N2O2. The maximum Gasteiger partial charge on any atom is 0.143 e. The van der Waals surface area contributed by atoms with Gasteiger partial charge in [0.1, 0.15) is 22.3 Å². The molecule has 0 fully saturated rings. The minimum atomic E-state index is 0.898. The summed E-state index contributed by atoms with van der Waals surface area (Å²) in [6, 6.07) is 83.2. The van der Waals surface area contributed by atoms with Gasteiger partial charge in [-0.15, -0.1) is 0 Å². The van der Waals surface area contributed by atoms with Gasteiger partial charge in [-0.25, -0.2) is 0 Å². The van der Waals surface area contributed by atoms with Crippen molar-refractivity contribution in [1.29, 1.82) is 0 Å². The van der Waals surface area contributed by atoms with Crippen molar-refractivity contribution in [2.24, 2.45) is 0 Å².